The Morgan fingerprint density at radius 3 is 2.35 bits per heavy atom. The molecular formula is C15H21NO4. The lowest BCUT2D eigenvalue weighted by molar-refractivity contribution is -0.145. The molecule has 1 aromatic rings. The molecule has 1 amide bonds. The van der Waals surface area contributed by atoms with Crippen LogP contribution in [0.4, 0.5) is 5.69 Å². The van der Waals surface area contributed by atoms with Crippen LogP contribution in [0.15, 0.2) is 18.2 Å². The van der Waals surface area contributed by atoms with Crippen LogP contribution in [0.2, 0.25) is 0 Å². The Morgan fingerprint density at radius 2 is 1.75 bits per heavy atom. The van der Waals surface area contributed by atoms with Crippen LogP contribution in [-0.2, 0) is 19.1 Å². The summed E-state index contributed by atoms with van der Waals surface area (Å²) in [7, 11) is 1.53. The molecule has 0 unspecified atom stereocenters. The van der Waals surface area contributed by atoms with Crippen LogP contribution in [-0.4, -0.2) is 32.2 Å². The Balaban J connectivity index is 2.39. The second-order valence-corrected chi connectivity index (χ2v) is 4.53. The Morgan fingerprint density at radius 1 is 1.10 bits per heavy atom. The molecule has 0 radical (unpaired) electrons. The first-order chi connectivity index (χ1) is 9.54. The second kappa shape index (κ2) is 8.32. The van der Waals surface area contributed by atoms with E-state index in [4.69, 9.17) is 9.47 Å². The van der Waals surface area contributed by atoms with Crippen molar-refractivity contribution < 1.29 is 19.1 Å². The Bertz CT molecular complexity index is 451. The fourth-order valence-electron chi connectivity index (χ4n) is 1.74. The summed E-state index contributed by atoms with van der Waals surface area (Å²) in [6.45, 7) is 4.44. The average Bonchev–Trinajstić information content (AvgIpc) is 2.41. The minimum Gasteiger partial charge on any atom is -0.463 e. The van der Waals surface area contributed by atoms with Gasteiger partial charge < -0.3 is 14.8 Å². The number of hydrogen-bond donors (Lipinski definition) is 1. The first-order valence-corrected chi connectivity index (χ1v) is 6.55. The topological polar surface area (TPSA) is 64.6 Å². The zero-order valence-corrected chi connectivity index (χ0v) is 12.2. The number of hydrogen-bond acceptors (Lipinski definition) is 4. The zero-order chi connectivity index (χ0) is 15.0. The van der Waals surface area contributed by atoms with Crippen molar-refractivity contribution in [1.29, 1.82) is 0 Å². The fourth-order valence-corrected chi connectivity index (χ4v) is 1.74. The molecule has 0 aliphatic rings. The monoisotopic (exact) mass is 279 g/mol. The first kappa shape index (κ1) is 16.2. The average molecular weight is 279 g/mol. The number of para-hydroxylation sites is 1. The molecule has 0 fully saturated rings. The van der Waals surface area contributed by atoms with E-state index in [0.717, 1.165) is 16.8 Å². The van der Waals surface area contributed by atoms with Crippen molar-refractivity contribution >= 4 is 17.6 Å². The Hall–Kier alpha value is -1.88. The summed E-state index contributed by atoms with van der Waals surface area (Å²) in [6.07, 6.45) is 0.181. The minimum atomic E-state index is -0.390. The van der Waals surface area contributed by atoms with Gasteiger partial charge in [0, 0.05) is 19.2 Å². The zero-order valence-electron chi connectivity index (χ0n) is 12.2. The summed E-state index contributed by atoms with van der Waals surface area (Å²) in [4.78, 5) is 23.2. The number of nitrogens with one attached hydrogen (secondary N) is 1. The van der Waals surface area contributed by atoms with Gasteiger partial charge in [-0.1, -0.05) is 18.2 Å². The van der Waals surface area contributed by atoms with Gasteiger partial charge in [0.15, 0.2) is 0 Å². The van der Waals surface area contributed by atoms with Gasteiger partial charge in [-0.3, -0.25) is 9.59 Å². The quantitative estimate of drug-likeness (QED) is 0.614. The van der Waals surface area contributed by atoms with E-state index >= 15 is 0 Å². The second-order valence-electron chi connectivity index (χ2n) is 4.53. The predicted octanol–water partition coefficient (Wildman–Crippen LogP) is 2.21. The lowest BCUT2D eigenvalue weighted by Gasteiger charge is -2.11. The van der Waals surface area contributed by atoms with Gasteiger partial charge in [0.2, 0.25) is 5.91 Å². The molecule has 0 saturated heterocycles. The number of carbonyl (C=O) groups excluding carboxylic acids is 2. The molecule has 0 aliphatic heterocycles. The summed E-state index contributed by atoms with van der Waals surface area (Å²) in [5, 5.41) is 2.83. The molecule has 5 nitrogen and oxygen atoms in total. The Labute approximate surface area is 119 Å². The standard InChI is InChI=1S/C15H21NO4/c1-11-5-4-6-12(2)15(11)16-13(17)7-8-14(18)20-10-9-19-3/h4-6H,7-10H2,1-3H3,(H,16,17). The van der Waals surface area contributed by atoms with Gasteiger partial charge in [-0.25, -0.2) is 0 Å². The first-order valence-electron chi connectivity index (χ1n) is 6.55. The molecule has 0 aromatic heterocycles. The van der Waals surface area contributed by atoms with Crippen LogP contribution in [0.25, 0.3) is 0 Å². The van der Waals surface area contributed by atoms with Crippen molar-refractivity contribution in [3.8, 4) is 0 Å². The van der Waals surface area contributed by atoms with Crippen molar-refractivity contribution in [2.75, 3.05) is 25.6 Å². The number of rotatable bonds is 7. The number of benzene rings is 1. The molecule has 20 heavy (non-hydrogen) atoms. The third kappa shape index (κ3) is 5.40. The summed E-state index contributed by atoms with van der Waals surface area (Å²) in [5.41, 5.74) is 2.81. The van der Waals surface area contributed by atoms with Gasteiger partial charge >= 0.3 is 5.97 Å². The van der Waals surface area contributed by atoms with Crippen molar-refractivity contribution in [3.63, 3.8) is 0 Å². The lowest BCUT2D eigenvalue weighted by Crippen LogP contribution is -2.16. The molecular weight excluding hydrogens is 258 g/mol. The van der Waals surface area contributed by atoms with Crippen LogP contribution in [0, 0.1) is 13.8 Å². The van der Waals surface area contributed by atoms with Crippen molar-refractivity contribution in [2.24, 2.45) is 0 Å². The molecule has 0 bridgehead atoms. The van der Waals surface area contributed by atoms with E-state index in [-0.39, 0.29) is 25.4 Å². The highest BCUT2D eigenvalue weighted by Gasteiger charge is 2.10. The van der Waals surface area contributed by atoms with Gasteiger partial charge in [0.05, 0.1) is 13.0 Å². The lowest BCUT2D eigenvalue weighted by atomic mass is 10.1. The number of carbonyl (C=O) groups is 2. The maximum atomic E-state index is 11.8. The molecule has 1 N–H and O–H groups in total. The highest BCUT2D eigenvalue weighted by molar-refractivity contribution is 5.93. The van der Waals surface area contributed by atoms with Crippen LogP contribution in [0.1, 0.15) is 24.0 Å². The third-order valence-electron chi connectivity index (χ3n) is 2.85. The summed E-state index contributed by atoms with van der Waals surface area (Å²) in [6, 6.07) is 5.80. The van der Waals surface area contributed by atoms with E-state index in [1.807, 2.05) is 32.0 Å². The molecule has 0 atom stereocenters. The number of esters is 1. The van der Waals surface area contributed by atoms with Crippen molar-refractivity contribution in [1.82, 2.24) is 0 Å². The number of aryl methyl sites for hydroxylation is 2. The largest absolute Gasteiger partial charge is 0.463 e. The van der Waals surface area contributed by atoms with Gasteiger partial charge in [-0.2, -0.15) is 0 Å². The van der Waals surface area contributed by atoms with Crippen LogP contribution < -0.4 is 5.32 Å². The molecule has 0 aliphatic carbocycles. The molecule has 5 heteroatoms. The summed E-state index contributed by atoms with van der Waals surface area (Å²) in [5.74, 6) is -0.579. The number of anilines is 1. The molecule has 110 valence electrons. The molecule has 0 saturated carbocycles. The maximum Gasteiger partial charge on any atom is 0.306 e. The summed E-state index contributed by atoms with van der Waals surface area (Å²) >= 11 is 0. The Kier molecular flexibility index (Phi) is 6.73. The number of ether oxygens (including phenoxy) is 2. The predicted molar refractivity (Wildman–Crippen MR) is 76.6 cm³/mol. The van der Waals surface area contributed by atoms with Gasteiger partial charge in [0.1, 0.15) is 6.61 Å². The van der Waals surface area contributed by atoms with E-state index in [0.29, 0.717) is 6.61 Å². The highest BCUT2D eigenvalue weighted by atomic mass is 16.6. The number of amides is 1. The van der Waals surface area contributed by atoms with Gasteiger partial charge in [-0.15, -0.1) is 0 Å². The van der Waals surface area contributed by atoms with Crippen LogP contribution >= 0.6 is 0 Å². The van der Waals surface area contributed by atoms with Crippen LogP contribution in [0.3, 0.4) is 0 Å². The molecule has 1 rings (SSSR count). The normalized spacial score (nSPS) is 10.2. The van der Waals surface area contributed by atoms with E-state index in [1.54, 1.807) is 0 Å². The fraction of sp³-hybridized carbons (Fsp3) is 0.467. The third-order valence-corrected chi connectivity index (χ3v) is 2.85. The van der Waals surface area contributed by atoms with Crippen molar-refractivity contribution in [3.05, 3.63) is 29.3 Å². The smallest absolute Gasteiger partial charge is 0.306 e. The SMILES string of the molecule is COCCOC(=O)CCC(=O)Nc1c(C)cccc1C. The summed E-state index contributed by atoms with van der Waals surface area (Å²) < 4.78 is 9.65. The van der Waals surface area contributed by atoms with E-state index in [1.165, 1.54) is 7.11 Å². The van der Waals surface area contributed by atoms with Gasteiger partial charge in [-0.05, 0) is 25.0 Å². The van der Waals surface area contributed by atoms with Gasteiger partial charge in [0.25, 0.3) is 0 Å². The molecule has 0 heterocycles. The highest BCUT2D eigenvalue weighted by Crippen LogP contribution is 2.19. The minimum absolute atomic E-state index is 0.0699. The molecule has 0 spiro atoms. The van der Waals surface area contributed by atoms with Crippen molar-refractivity contribution in [2.45, 2.75) is 26.7 Å². The maximum absolute atomic E-state index is 11.8. The number of methoxy groups -OCH3 is 1. The van der Waals surface area contributed by atoms with E-state index < -0.39 is 5.97 Å². The van der Waals surface area contributed by atoms with E-state index in [9.17, 15) is 9.59 Å². The molecule has 1 aromatic carbocycles. The van der Waals surface area contributed by atoms with E-state index in [2.05, 4.69) is 5.32 Å². The van der Waals surface area contributed by atoms with Crippen LogP contribution in [0.5, 0.6) is 0 Å².